The molecule has 0 aromatic carbocycles. The molecule has 2 rings (SSSR count). The van der Waals surface area contributed by atoms with Crippen LogP contribution in [0.2, 0.25) is 0 Å². The molecule has 0 aromatic heterocycles. The maximum Gasteiger partial charge on any atom is 0.282 e. The van der Waals surface area contributed by atoms with Crippen LogP contribution in [0.5, 0.6) is 0 Å². The van der Waals surface area contributed by atoms with Crippen LogP contribution in [0.3, 0.4) is 0 Å². The molecule has 21 heavy (non-hydrogen) atoms. The van der Waals surface area contributed by atoms with Gasteiger partial charge >= 0.3 is 0 Å². The van der Waals surface area contributed by atoms with Crippen molar-refractivity contribution in [3.63, 3.8) is 0 Å². The van der Waals surface area contributed by atoms with Crippen LogP contribution in [0.15, 0.2) is 0 Å². The van der Waals surface area contributed by atoms with Crippen LogP contribution >= 0.6 is 0 Å². The molecule has 6 nitrogen and oxygen atoms in total. The minimum absolute atomic E-state index is 0.0326. The van der Waals surface area contributed by atoms with Gasteiger partial charge in [-0.25, -0.2) is 0 Å². The smallest absolute Gasteiger partial charge is 0.282 e. The quantitative estimate of drug-likeness (QED) is 0.809. The molecule has 2 saturated heterocycles. The highest BCUT2D eigenvalue weighted by Gasteiger charge is 2.36. The third-order valence-electron chi connectivity index (χ3n) is 4.30. The summed E-state index contributed by atoms with van der Waals surface area (Å²) in [7, 11) is -3.33. The molecule has 2 aliphatic rings. The summed E-state index contributed by atoms with van der Waals surface area (Å²) >= 11 is 0. The molecule has 2 fully saturated rings. The molecule has 0 spiro atoms. The van der Waals surface area contributed by atoms with E-state index in [2.05, 4.69) is 12.2 Å². The zero-order chi connectivity index (χ0) is 15.5. The van der Waals surface area contributed by atoms with E-state index in [4.69, 9.17) is 4.74 Å². The lowest BCUT2D eigenvalue weighted by Gasteiger charge is -2.39. The zero-order valence-corrected chi connectivity index (χ0v) is 14.2. The Bertz CT molecular complexity index is 411. The Labute approximate surface area is 129 Å². The van der Waals surface area contributed by atoms with Crippen LogP contribution < -0.4 is 5.32 Å². The molecule has 124 valence electrons. The average Bonchev–Trinajstić information content (AvgIpc) is 2.44. The first-order valence-electron chi connectivity index (χ1n) is 8.04. The van der Waals surface area contributed by atoms with Crippen molar-refractivity contribution in [1.82, 2.24) is 13.9 Å². The Kier molecular flexibility index (Phi) is 6.02. The van der Waals surface area contributed by atoms with Crippen LogP contribution in [0.25, 0.3) is 0 Å². The summed E-state index contributed by atoms with van der Waals surface area (Å²) < 4.78 is 34.3. The molecule has 7 heteroatoms. The molecule has 2 aliphatic heterocycles. The van der Waals surface area contributed by atoms with Gasteiger partial charge in [0, 0.05) is 26.2 Å². The average molecular weight is 319 g/mol. The first-order chi connectivity index (χ1) is 9.93. The van der Waals surface area contributed by atoms with Gasteiger partial charge in [-0.05, 0) is 45.7 Å². The Morgan fingerprint density at radius 1 is 1.10 bits per heavy atom. The number of ether oxygens (including phenoxy) is 1. The maximum absolute atomic E-state index is 12.7. The third-order valence-corrected chi connectivity index (χ3v) is 6.26. The van der Waals surface area contributed by atoms with Crippen molar-refractivity contribution in [2.75, 3.05) is 39.3 Å². The number of nitrogens with one attached hydrogen (secondary N) is 1. The van der Waals surface area contributed by atoms with Gasteiger partial charge in [0.25, 0.3) is 10.2 Å². The highest BCUT2D eigenvalue weighted by atomic mass is 32.2. The minimum Gasteiger partial charge on any atom is -0.373 e. The van der Waals surface area contributed by atoms with Crippen molar-refractivity contribution in [1.29, 1.82) is 0 Å². The molecule has 0 aromatic rings. The first-order valence-corrected chi connectivity index (χ1v) is 9.44. The summed E-state index contributed by atoms with van der Waals surface area (Å²) in [4.78, 5) is 0. The topological polar surface area (TPSA) is 61.9 Å². The van der Waals surface area contributed by atoms with Gasteiger partial charge < -0.3 is 10.1 Å². The number of hydrogen-bond acceptors (Lipinski definition) is 4. The molecular formula is C14H29N3O3S. The van der Waals surface area contributed by atoms with Crippen molar-refractivity contribution in [3.05, 3.63) is 0 Å². The number of nitrogens with zero attached hydrogens (tertiary/aromatic N) is 2. The third kappa shape index (κ3) is 4.39. The van der Waals surface area contributed by atoms with Crippen LogP contribution in [-0.4, -0.2) is 68.5 Å². The van der Waals surface area contributed by atoms with Crippen LogP contribution in [0.4, 0.5) is 0 Å². The normalized spacial score (nSPS) is 30.6. The lowest BCUT2D eigenvalue weighted by molar-refractivity contribution is -0.0456. The molecule has 2 heterocycles. The Hall–Kier alpha value is -0.210. The molecule has 0 amide bonds. The fourth-order valence-electron chi connectivity index (χ4n) is 3.17. The van der Waals surface area contributed by atoms with Crippen LogP contribution in [0, 0.1) is 5.92 Å². The fraction of sp³-hybridized carbons (Fsp3) is 1.00. The zero-order valence-electron chi connectivity index (χ0n) is 13.4. The van der Waals surface area contributed by atoms with Crippen molar-refractivity contribution >= 4 is 10.2 Å². The Morgan fingerprint density at radius 3 is 2.19 bits per heavy atom. The van der Waals surface area contributed by atoms with E-state index in [1.807, 2.05) is 13.8 Å². The van der Waals surface area contributed by atoms with E-state index < -0.39 is 10.2 Å². The summed E-state index contributed by atoms with van der Waals surface area (Å²) in [6.07, 6.45) is 1.83. The van der Waals surface area contributed by atoms with Gasteiger partial charge in [-0.1, -0.05) is 6.92 Å². The molecule has 1 N–H and O–H groups in total. The van der Waals surface area contributed by atoms with E-state index in [-0.39, 0.29) is 12.2 Å². The second-order valence-corrected chi connectivity index (χ2v) is 8.16. The first kappa shape index (κ1) is 17.1. The summed E-state index contributed by atoms with van der Waals surface area (Å²) in [6.45, 7) is 10.1. The summed E-state index contributed by atoms with van der Waals surface area (Å²) in [5, 5.41) is 3.35. The molecule has 0 aliphatic carbocycles. The molecule has 0 radical (unpaired) electrons. The summed E-state index contributed by atoms with van der Waals surface area (Å²) in [5.41, 5.74) is 0. The SMILES string of the molecule is CCNCC1CCN(S(=O)(=O)N2C[C@@H](C)O[C@@H](C)C2)CC1. The number of rotatable bonds is 5. The van der Waals surface area contributed by atoms with Gasteiger partial charge in [0.05, 0.1) is 12.2 Å². The maximum atomic E-state index is 12.7. The van der Waals surface area contributed by atoms with E-state index in [1.165, 1.54) is 0 Å². The molecule has 0 saturated carbocycles. The molecule has 0 unspecified atom stereocenters. The number of piperidine rings is 1. The van der Waals surface area contributed by atoms with Gasteiger partial charge in [-0.15, -0.1) is 0 Å². The summed E-state index contributed by atoms with van der Waals surface area (Å²) in [5.74, 6) is 0.596. The highest BCUT2D eigenvalue weighted by Crippen LogP contribution is 2.23. The van der Waals surface area contributed by atoms with E-state index in [0.717, 1.165) is 25.9 Å². The van der Waals surface area contributed by atoms with Gasteiger partial charge in [-0.3, -0.25) is 0 Å². The lowest BCUT2D eigenvalue weighted by atomic mass is 9.98. The van der Waals surface area contributed by atoms with E-state index >= 15 is 0 Å². The Balaban J connectivity index is 1.92. The van der Waals surface area contributed by atoms with Gasteiger partial charge in [0.2, 0.25) is 0 Å². The predicted octanol–water partition coefficient (Wildman–Crippen LogP) is 0.662. The molecule has 2 atom stereocenters. The second-order valence-electron chi connectivity index (χ2n) is 6.23. The van der Waals surface area contributed by atoms with Crippen LogP contribution in [0.1, 0.15) is 33.6 Å². The fourth-order valence-corrected chi connectivity index (χ4v) is 4.97. The number of hydrogen-bond donors (Lipinski definition) is 1. The van der Waals surface area contributed by atoms with Gasteiger partial charge in [0.1, 0.15) is 0 Å². The standard InChI is InChI=1S/C14H29N3O3S/c1-4-15-9-14-5-7-16(8-6-14)21(18,19)17-10-12(2)20-13(3)11-17/h12-15H,4-11H2,1-3H3/t12-,13+. The largest absolute Gasteiger partial charge is 0.373 e. The molecule has 0 bridgehead atoms. The minimum atomic E-state index is -3.33. The van der Waals surface area contributed by atoms with E-state index in [0.29, 0.717) is 32.1 Å². The predicted molar refractivity (Wildman–Crippen MR) is 83.3 cm³/mol. The highest BCUT2D eigenvalue weighted by molar-refractivity contribution is 7.86. The van der Waals surface area contributed by atoms with Gasteiger partial charge in [0.15, 0.2) is 0 Å². The van der Waals surface area contributed by atoms with Crippen molar-refractivity contribution in [2.45, 2.75) is 45.8 Å². The van der Waals surface area contributed by atoms with Crippen LogP contribution in [-0.2, 0) is 14.9 Å². The van der Waals surface area contributed by atoms with E-state index in [1.54, 1.807) is 8.61 Å². The van der Waals surface area contributed by atoms with Crippen molar-refractivity contribution < 1.29 is 13.2 Å². The van der Waals surface area contributed by atoms with E-state index in [9.17, 15) is 8.42 Å². The molecular weight excluding hydrogens is 290 g/mol. The second kappa shape index (κ2) is 7.37. The van der Waals surface area contributed by atoms with Crippen molar-refractivity contribution in [3.8, 4) is 0 Å². The number of morpholine rings is 1. The summed E-state index contributed by atoms with van der Waals surface area (Å²) in [6, 6.07) is 0. The van der Waals surface area contributed by atoms with Crippen molar-refractivity contribution in [2.24, 2.45) is 5.92 Å². The van der Waals surface area contributed by atoms with Gasteiger partial charge in [-0.2, -0.15) is 17.0 Å². The Morgan fingerprint density at radius 2 is 1.67 bits per heavy atom. The lowest BCUT2D eigenvalue weighted by Crippen LogP contribution is -2.54. The monoisotopic (exact) mass is 319 g/mol.